The van der Waals surface area contributed by atoms with Gasteiger partial charge in [0.05, 0.1) is 11.3 Å². The molecule has 0 saturated carbocycles. The summed E-state index contributed by atoms with van der Waals surface area (Å²) in [5.74, 6) is 0.0537. The maximum absolute atomic E-state index is 13.0. The van der Waals surface area contributed by atoms with Crippen LogP contribution in [0.2, 0.25) is 0 Å². The van der Waals surface area contributed by atoms with Crippen LogP contribution in [-0.2, 0) is 17.8 Å². The fraction of sp³-hybridized carbons (Fsp3) is 0.136. The minimum Gasteiger partial charge on any atom is -0.325 e. The molecule has 0 aliphatic heterocycles. The second-order valence-corrected chi connectivity index (χ2v) is 8.28. The van der Waals surface area contributed by atoms with E-state index in [4.69, 9.17) is 0 Å². The van der Waals surface area contributed by atoms with Gasteiger partial charge in [-0.25, -0.2) is 4.98 Å². The molecule has 2 heterocycles. The number of anilines is 1. The van der Waals surface area contributed by atoms with Crippen molar-refractivity contribution in [3.05, 3.63) is 88.0 Å². The number of aromatic nitrogens is 2. The molecule has 0 spiro atoms. The SMILES string of the molecule is O=C(CSc1nc2ccsc2c(=O)n1CCc1ccccc1)Nc1ccccc1. The van der Waals surface area contributed by atoms with E-state index in [1.165, 1.54) is 23.1 Å². The standard InChI is InChI=1S/C22H19N3O2S2/c26-19(23-17-9-5-2-6-10-17)15-29-22-24-18-12-14-28-20(18)21(27)25(22)13-11-16-7-3-1-4-8-16/h1-10,12,14H,11,13,15H2,(H,23,26). The van der Waals surface area contributed by atoms with Gasteiger partial charge in [-0.1, -0.05) is 60.3 Å². The van der Waals surface area contributed by atoms with Crippen LogP contribution in [0.5, 0.6) is 0 Å². The minimum atomic E-state index is -0.129. The van der Waals surface area contributed by atoms with E-state index >= 15 is 0 Å². The van der Waals surface area contributed by atoms with Crippen LogP contribution < -0.4 is 10.9 Å². The van der Waals surface area contributed by atoms with E-state index in [9.17, 15) is 9.59 Å². The van der Waals surface area contributed by atoms with Gasteiger partial charge >= 0.3 is 0 Å². The van der Waals surface area contributed by atoms with Crippen molar-refractivity contribution in [3.8, 4) is 0 Å². The first-order valence-corrected chi connectivity index (χ1v) is 11.1. The molecule has 1 N–H and O–H groups in total. The molecule has 2 aromatic heterocycles. The van der Waals surface area contributed by atoms with Gasteiger partial charge in [-0.05, 0) is 35.6 Å². The third-order valence-electron chi connectivity index (χ3n) is 4.39. The third-order valence-corrected chi connectivity index (χ3v) is 6.26. The molecule has 4 aromatic rings. The van der Waals surface area contributed by atoms with Crippen LogP contribution in [0.3, 0.4) is 0 Å². The highest BCUT2D eigenvalue weighted by Gasteiger charge is 2.14. The van der Waals surface area contributed by atoms with Gasteiger partial charge in [0.2, 0.25) is 5.91 Å². The molecule has 4 rings (SSSR count). The maximum Gasteiger partial charge on any atom is 0.272 e. The second kappa shape index (κ2) is 9.07. The molecule has 0 aliphatic rings. The van der Waals surface area contributed by atoms with E-state index in [1.807, 2.05) is 72.1 Å². The first-order chi connectivity index (χ1) is 14.2. The largest absolute Gasteiger partial charge is 0.325 e. The van der Waals surface area contributed by atoms with Gasteiger partial charge in [-0.2, -0.15) is 0 Å². The van der Waals surface area contributed by atoms with E-state index in [0.29, 0.717) is 21.9 Å². The molecule has 0 aliphatic carbocycles. The summed E-state index contributed by atoms with van der Waals surface area (Å²) >= 11 is 2.69. The summed E-state index contributed by atoms with van der Waals surface area (Å²) in [6.45, 7) is 0.520. The number of rotatable bonds is 7. The Hall–Kier alpha value is -2.90. The number of carbonyl (C=O) groups excluding carboxylic acids is 1. The van der Waals surface area contributed by atoms with Crippen molar-refractivity contribution in [1.82, 2.24) is 9.55 Å². The van der Waals surface area contributed by atoms with Crippen LogP contribution in [0, 0.1) is 0 Å². The van der Waals surface area contributed by atoms with Gasteiger partial charge in [-0.15, -0.1) is 11.3 Å². The van der Waals surface area contributed by atoms with Crippen molar-refractivity contribution in [2.45, 2.75) is 18.1 Å². The third kappa shape index (κ3) is 4.75. The molecule has 0 atom stereocenters. The van der Waals surface area contributed by atoms with Crippen molar-refractivity contribution >= 4 is 44.9 Å². The number of hydrogen-bond donors (Lipinski definition) is 1. The number of thiophene rings is 1. The zero-order valence-electron chi connectivity index (χ0n) is 15.6. The number of carbonyl (C=O) groups is 1. The number of aryl methyl sites for hydroxylation is 1. The lowest BCUT2D eigenvalue weighted by Gasteiger charge is -2.12. The summed E-state index contributed by atoms with van der Waals surface area (Å²) in [5, 5.41) is 5.31. The molecule has 0 bridgehead atoms. The van der Waals surface area contributed by atoms with Crippen LogP contribution >= 0.6 is 23.1 Å². The highest BCUT2D eigenvalue weighted by molar-refractivity contribution is 7.99. The molecule has 1 amide bonds. The number of benzene rings is 2. The Bertz CT molecular complexity index is 1170. The second-order valence-electron chi connectivity index (χ2n) is 6.42. The van der Waals surface area contributed by atoms with Gasteiger partial charge in [-0.3, -0.25) is 14.2 Å². The van der Waals surface area contributed by atoms with E-state index in [2.05, 4.69) is 10.3 Å². The van der Waals surface area contributed by atoms with Crippen molar-refractivity contribution < 1.29 is 4.79 Å². The van der Waals surface area contributed by atoms with E-state index < -0.39 is 0 Å². The predicted octanol–water partition coefficient (Wildman–Crippen LogP) is 4.43. The Balaban J connectivity index is 1.53. The molecule has 0 unspecified atom stereocenters. The number of para-hydroxylation sites is 1. The van der Waals surface area contributed by atoms with E-state index in [-0.39, 0.29) is 17.2 Å². The molecule has 7 heteroatoms. The van der Waals surface area contributed by atoms with E-state index in [1.54, 1.807) is 4.57 Å². The fourth-order valence-electron chi connectivity index (χ4n) is 2.97. The Morgan fingerprint density at radius 3 is 2.52 bits per heavy atom. The summed E-state index contributed by atoms with van der Waals surface area (Å²) in [6, 6.07) is 21.2. The Labute approximate surface area is 176 Å². The molecule has 0 radical (unpaired) electrons. The zero-order valence-corrected chi connectivity index (χ0v) is 17.2. The van der Waals surface area contributed by atoms with Gasteiger partial charge in [0.1, 0.15) is 4.70 Å². The van der Waals surface area contributed by atoms with Crippen LogP contribution in [0.15, 0.2) is 82.1 Å². The molecule has 146 valence electrons. The lowest BCUT2D eigenvalue weighted by molar-refractivity contribution is -0.113. The topological polar surface area (TPSA) is 64.0 Å². The molecule has 5 nitrogen and oxygen atoms in total. The highest BCUT2D eigenvalue weighted by atomic mass is 32.2. The van der Waals surface area contributed by atoms with Crippen LogP contribution in [-0.4, -0.2) is 21.2 Å². The van der Waals surface area contributed by atoms with Gasteiger partial charge in [0.25, 0.3) is 5.56 Å². The van der Waals surface area contributed by atoms with Crippen molar-refractivity contribution in [2.75, 3.05) is 11.1 Å². The maximum atomic E-state index is 13.0. The number of thioether (sulfide) groups is 1. The van der Waals surface area contributed by atoms with Crippen molar-refractivity contribution in [3.63, 3.8) is 0 Å². The summed E-state index contributed by atoms with van der Waals surface area (Å²) in [7, 11) is 0. The number of amides is 1. The minimum absolute atomic E-state index is 0.0492. The van der Waals surface area contributed by atoms with Gasteiger partial charge in [0, 0.05) is 12.2 Å². The van der Waals surface area contributed by atoms with Crippen molar-refractivity contribution in [2.24, 2.45) is 0 Å². The Morgan fingerprint density at radius 2 is 1.76 bits per heavy atom. The number of nitrogens with zero attached hydrogens (tertiary/aromatic N) is 2. The fourth-order valence-corrected chi connectivity index (χ4v) is 4.57. The van der Waals surface area contributed by atoms with Crippen LogP contribution in [0.25, 0.3) is 10.2 Å². The quantitative estimate of drug-likeness (QED) is 0.354. The lowest BCUT2D eigenvalue weighted by Crippen LogP contribution is -2.24. The Kier molecular flexibility index (Phi) is 6.07. The van der Waals surface area contributed by atoms with Gasteiger partial charge in [0.15, 0.2) is 5.16 Å². The highest BCUT2D eigenvalue weighted by Crippen LogP contribution is 2.21. The van der Waals surface area contributed by atoms with Crippen LogP contribution in [0.1, 0.15) is 5.56 Å². The first kappa shape index (κ1) is 19.4. The number of nitrogens with one attached hydrogen (secondary N) is 1. The monoisotopic (exact) mass is 421 g/mol. The lowest BCUT2D eigenvalue weighted by atomic mass is 10.1. The number of fused-ring (bicyclic) bond motifs is 1. The average Bonchev–Trinajstić information content (AvgIpc) is 3.22. The Morgan fingerprint density at radius 1 is 1.03 bits per heavy atom. The predicted molar refractivity (Wildman–Crippen MR) is 120 cm³/mol. The average molecular weight is 422 g/mol. The summed E-state index contributed by atoms with van der Waals surface area (Å²) in [4.78, 5) is 30.0. The number of hydrogen-bond acceptors (Lipinski definition) is 5. The molecular weight excluding hydrogens is 402 g/mol. The summed E-state index contributed by atoms with van der Waals surface area (Å²) < 4.78 is 2.34. The molecule has 0 fully saturated rings. The molecule has 29 heavy (non-hydrogen) atoms. The molecular formula is C22H19N3O2S2. The normalized spacial score (nSPS) is 10.9. The van der Waals surface area contributed by atoms with Gasteiger partial charge < -0.3 is 5.32 Å². The smallest absolute Gasteiger partial charge is 0.272 e. The van der Waals surface area contributed by atoms with E-state index in [0.717, 1.165) is 17.7 Å². The van der Waals surface area contributed by atoms with Crippen LogP contribution in [0.4, 0.5) is 5.69 Å². The first-order valence-electron chi connectivity index (χ1n) is 9.20. The molecule has 0 saturated heterocycles. The zero-order chi connectivity index (χ0) is 20.1. The summed E-state index contributed by atoms with van der Waals surface area (Å²) in [6.07, 6.45) is 0.725. The summed E-state index contributed by atoms with van der Waals surface area (Å²) in [5.41, 5.74) is 2.54. The molecule has 2 aromatic carbocycles. The van der Waals surface area contributed by atoms with Crippen molar-refractivity contribution in [1.29, 1.82) is 0 Å².